The molecule has 154 valence electrons. The van der Waals surface area contributed by atoms with Crippen LogP contribution in [0.3, 0.4) is 0 Å². The minimum absolute atomic E-state index is 0.139. The van der Waals surface area contributed by atoms with E-state index < -0.39 is 0 Å². The Bertz CT molecular complexity index is 782. The number of ether oxygens (including phenoxy) is 1. The second-order valence-electron chi connectivity index (χ2n) is 7.51. The predicted octanol–water partition coefficient (Wildman–Crippen LogP) is 2.49. The van der Waals surface area contributed by atoms with E-state index >= 15 is 0 Å². The molecule has 0 saturated carbocycles. The van der Waals surface area contributed by atoms with Crippen molar-refractivity contribution in [2.45, 2.75) is 12.8 Å². The van der Waals surface area contributed by atoms with Crippen molar-refractivity contribution in [2.75, 3.05) is 62.7 Å². The smallest absolute Gasteiger partial charge is 0.269 e. The van der Waals surface area contributed by atoms with Crippen LogP contribution in [0, 0.1) is 0 Å². The van der Waals surface area contributed by atoms with E-state index in [0.717, 1.165) is 57.3 Å². The molecule has 0 radical (unpaired) electrons. The summed E-state index contributed by atoms with van der Waals surface area (Å²) in [7, 11) is 0. The first kappa shape index (κ1) is 19.7. The zero-order valence-electron chi connectivity index (χ0n) is 16.8. The Hall–Kier alpha value is -2.64. The van der Waals surface area contributed by atoms with Gasteiger partial charge in [0.25, 0.3) is 5.91 Å². The van der Waals surface area contributed by atoms with Gasteiger partial charge in [0.15, 0.2) is 0 Å². The Morgan fingerprint density at radius 3 is 2.38 bits per heavy atom. The monoisotopic (exact) mass is 395 g/mol. The van der Waals surface area contributed by atoms with Crippen molar-refractivity contribution in [3.05, 3.63) is 48.3 Å². The van der Waals surface area contributed by atoms with Crippen molar-refractivity contribution in [2.24, 2.45) is 0 Å². The number of hydrogen-bond acceptors (Lipinski definition) is 6. The maximum absolute atomic E-state index is 12.3. The summed E-state index contributed by atoms with van der Waals surface area (Å²) >= 11 is 0. The van der Waals surface area contributed by atoms with Gasteiger partial charge in [0, 0.05) is 50.6 Å². The van der Waals surface area contributed by atoms with E-state index in [1.807, 2.05) is 6.07 Å². The third-order valence-corrected chi connectivity index (χ3v) is 5.44. The molecule has 2 aliphatic heterocycles. The third-order valence-electron chi connectivity index (χ3n) is 5.44. The molecule has 29 heavy (non-hydrogen) atoms. The van der Waals surface area contributed by atoms with Crippen LogP contribution in [0.1, 0.15) is 23.3 Å². The Balaban J connectivity index is 1.25. The summed E-state index contributed by atoms with van der Waals surface area (Å²) in [6.07, 6.45) is 4.25. The molecule has 7 nitrogen and oxygen atoms in total. The summed E-state index contributed by atoms with van der Waals surface area (Å²) in [6, 6.07) is 12.1. The quantitative estimate of drug-likeness (QED) is 0.751. The average molecular weight is 396 g/mol. The van der Waals surface area contributed by atoms with Gasteiger partial charge in [-0.25, -0.2) is 4.98 Å². The molecule has 3 heterocycles. The molecule has 2 aliphatic rings. The third kappa shape index (κ3) is 5.46. The lowest BCUT2D eigenvalue weighted by Gasteiger charge is -2.26. The van der Waals surface area contributed by atoms with E-state index in [4.69, 9.17) is 4.74 Å². The highest BCUT2D eigenvalue weighted by atomic mass is 16.5. The minimum atomic E-state index is -0.139. The Morgan fingerprint density at radius 1 is 0.966 bits per heavy atom. The molecule has 0 aliphatic carbocycles. The molecule has 2 N–H and O–H groups in total. The van der Waals surface area contributed by atoms with Crippen LogP contribution in [0.15, 0.2) is 42.6 Å². The van der Waals surface area contributed by atoms with E-state index in [0.29, 0.717) is 12.2 Å². The number of rotatable bonds is 7. The zero-order chi connectivity index (χ0) is 19.9. The number of hydrogen-bond donors (Lipinski definition) is 2. The van der Waals surface area contributed by atoms with Gasteiger partial charge in [0.05, 0.1) is 25.1 Å². The fourth-order valence-corrected chi connectivity index (χ4v) is 3.74. The second kappa shape index (κ2) is 9.71. The maximum atomic E-state index is 12.3. The topological polar surface area (TPSA) is 69.7 Å². The highest BCUT2D eigenvalue weighted by Crippen LogP contribution is 2.23. The van der Waals surface area contributed by atoms with Gasteiger partial charge < -0.3 is 20.3 Å². The lowest BCUT2D eigenvalue weighted by molar-refractivity contribution is 0.0383. The van der Waals surface area contributed by atoms with Gasteiger partial charge in [-0.15, -0.1) is 0 Å². The van der Waals surface area contributed by atoms with Crippen LogP contribution in [0.5, 0.6) is 0 Å². The van der Waals surface area contributed by atoms with Crippen LogP contribution in [0.2, 0.25) is 0 Å². The Kier molecular flexibility index (Phi) is 6.59. The van der Waals surface area contributed by atoms with Crippen molar-refractivity contribution in [1.82, 2.24) is 15.2 Å². The van der Waals surface area contributed by atoms with E-state index in [-0.39, 0.29) is 5.91 Å². The Labute approximate surface area is 172 Å². The molecule has 1 aromatic carbocycles. The SMILES string of the molecule is O=C(NCCN1CCOCC1)c1ccc(Nc2ccc(N3CCCC3)cc2)cn1. The normalized spacial score (nSPS) is 17.3. The average Bonchev–Trinajstić information content (AvgIpc) is 3.30. The van der Waals surface area contributed by atoms with Crippen molar-refractivity contribution >= 4 is 23.0 Å². The first-order valence-electron chi connectivity index (χ1n) is 10.4. The summed E-state index contributed by atoms with van der Waals surface area (Å²) in [5, 5.41) is 6.28. The molecule has 2 fully saturated rings. The molecule has 0 atom stereocenters. The summed E-state index contributed by atoms with van der Waals surface area (Å²) in [6.45, 7) is 7.13. The van der Waals surface area contributed by atoms with E-state index in [1.165, 1.54) is 18.5 Å². The van der Waals surface area contributed by atoms with Crippen LogP contribution in [-0.2, 0) is 4.74 Å². The van der Waals surface area contributed by atoms with Crippen LogP contribution in [0.4, 0.5) is 17.1 Å². The van der Waals surface area contributed by atoms with Gasteiger partial charge in [0.2, 0.25) is 0 Å². The summed E-state index contributed by atoms with van der Waals surface area (Å²) in [5.41, 5.74) is 3.58. The minimum Gasteiger partial charge on any atom is -0.379 e. The highest BCUT2D eigenvalue weighted by molar-refractivity contribution is 5.92. The lowest BCUT2D eigenvalue weighted by atomic mass is 10.2. The van der Waals surface area contributed by atoms with Crippen LogP contribution in [-0.4, -0.2) is 68.3 Å². The van der Waals surface area contributed by atoms with Gasteiger partial charge in [-0.05, 0) is 49.2 Å². The van der Waals surface area contributed by atoms with Gasteiger partial charge in [0.1, 0.15) is 5.69 Å². The summed E-state index contributed by atoms with van der Waals surface area (Å²) < 4.78 is 5.33. The number of carbonyl (C=O) groups is 1. The molecular weight excluding hydrogens is 366 g/mol. The zero-order valence-corrected chi connectivity index (χ0v) is 16.8. The van der Waals surface area contributed by atoms with Crippen molar-refractivity contribution in [3.8, 4) is 0 Å². The summed E-state index contributed by atoms with van der Waals surface area (Å²) in [5.74, 6) is -0.139. The van der Waals surface area contributed by atoms with Crippen molar-refractivity contribution in [1.29, 1.82) is 0 Å². The van der Waals surface area contributed by atoms with Crippen molar-refractivity contribution in [3.63, 3.8) is 0 Å². The van der Waals surface area contributed by atoms with Crippen LogP contribution >= 0.6 is 0 Å². The first-order chi connectivity index (χ1) is 14.3. The second-order valence-corrected chi connectivity index (χ2v) is 7.51. The van der Waals surface area contributed by atoms with E-state index in [2.05, 4.69) is 49.7 Å². The maximum Gasteiger partial charge on any atom is 0.269 e. The number of aromatic nitrogens is 1. The van der Waals surface area contributed by atoms with Gasteiger partial charge in [-0.1, -0.05) is 0 Å². The first-order valence-corrected chi connectivity index (χ1v) is 10.4. The highest BCUT2D eigenvalue weighted by Gasteiger charge is 2.13. The van der Waals surface area contributed by atoms with E-state index in [1.54, 1.807) is 12.3 Å². The van der Waals surface area contributed by atoms with Crippen molar-refractivity contribution < 1.29 is 9.53 Å². The molecular formula is C22H29N5O2. The number of nitrogens with one attached hydrogen (secondary N) is 2. The molecule has 7 heteroatoms. The van der Waals surface area contributed by atoms with E-state index in [9.17, 15) is 4.79 Å². The molecule has 0 bridgehead atoms. The number of amides is 1. The van der Waals surface area contributed by atoms with Gasteiger partial charge in [-0.3, -0.25) is 9.69 Å². The van der Waals surface area contributed by atoms with Gasteiger partial charge >= 0.3 is 0 Å². The largest absolute Gasteiger partial charge is 0.379 e. The molecule has 2 aromatic rings. The lowest BCUT2D eigenvalue weighted by Crippen LogP contribution is -2.41. The number of anilines is 3. The summed E-state index contributed by atoms with van der Waals surface area (Å²) in [4.78, 5) is 21.3. The number of morpholine rings is 1. The number of benzene rings is 1. The molecule has 2 saturated heterocycles. The molecule has 4 rings (SSSR count). The molecule has 1 amide bonds. The molecule has 0 spiro atoms. The fourth-order valence-electron chi connectivity index (χ4n) is 3.74. The van der Waals surface area contributed by atoms with Crippen LogP contribution < -0.4 is 15.5 Å². The van der Waals surface area contributed by atoms with Gasteiger partial charge in [-0.2, -0.15) is 0 Å². The number of carbonyl (C=O) groups excluding carboxylic acids is 1. The predicted molar refractivity (Wildman–Crippen MR) is 115 cm³/mol. The Morgan fingerprint density at radius 2 is 1.69 bits per heavy atom. The number of nitrogens with zero attached hydrogens (tertiary/aromatic N) is 3. The molecule has 0 unspecified atom stereocenters. The molecule has 1 aromatic heterocycles. The standard InChI is InChI=1S/C22H29N5O2/c28-22(23-9-12-26-13-15-29-16-14-26)21-8-5-19(17-24-21)25-18-3-6-20(7-4-18)27-10-1-2-11-27/h3-8,17,25H,1-2,9-16H2,(H,23,28). The van der Waals surface area contributed by atoms with Crippen LogP contribution in [0.25, 0.3) is 0 Å². The fraction of sp³-hybridized carbons (Fsp3) is 0.455. The number of pyridine rings is 1.